The summed E-state index contributed by atoms with van der Waals surface area (Å²) in [6.45, 7) is 5.44. The van der Waals surface area contributed by atoms with Crippen molar-refractivity contribution >= 4 is 21.4 Å². The van der Waals surface area contributed by atoms with Crippen molar-refractivity contribution in [2.24, 2.45) is 5.41 Å². The van der Waals surface area contributed by atoms with Gasteiger partial charge in [0.25, 0.3) is 0 Å². The average molecular weight is 260 g/mol. The van der Waals surface area contributed by atoms with E-state index in [1.807, 2.05) is 20.8 Å². The molecule has 3 N–H and O–H groups in total. The molecule has 6 heteroatoms. The van der Waals surface area contributed by atoms with Crippen LogP contribution in [-0.4, -0.2) is 14.2 Å². The minimum Gasteiger partial charge on any atom is -0.399 e. The molecule has 0 unspecified atom stereocenters. The Balaban J connectivity index is 2.91. The van der Waals surface area contributed by atoms with Gasteiger partial charge in [-0.05, 0) is 23.6 Å². The number of nitrogens with two attached hydrogens (primary N) is 1. The monoisotopic (exact) mass is 260 g/mol. The number of hydrogen-bond donors (Lipinski definition) is 2. The van der Waals surface area contributed by atoms with Crippen molar-refractivity contribution in [3.8, 4) is 0 Å². The highest BCUT2D eigenvalue weighted by molar-refractivity contribution is 7.92. The van der Waals surface area contributed by atoms with Gasteiger partial charge in [0.15, 0.2) is 0 Å². The lowest BCUT2D eigenvalue weighted by Gasteiger charge is -2.18. The maximum absolute atomic E-state index is 13.0. The van der Waals surface area contributed by atoms with Crippen LogP contribution in [0.15, 0.2) is 18.2 Å². The van der Waals surface area contributed by atoms with Gasteiger partial charge in [-0.1, -0.05) is 20.8 Å². The van der Waals surface area contributed by atoms with Crippen molar-refractivity contribution < 1.29 is 12.8 Å². The third kappa shape index (κ3) is 5.04. The number of benzene rings is 1. The summed E-state index contributed by atoms with van der Waals surface area (Å²) in [6.07, 6.45) is 0. The third-order valence-electron chi connectivity index (χ3n) is 1.82. The number of rotatable bonds is 3. The van der Waals surface area contributed by atoms with E-state index in [1.54, 1.807) is 0 Å². The largest absolute Gasteiger partial charge is 0.399 e. The lowest BCUT2D eigenvalue weighted by molar-refractivity contribution is 0.463. The molecule has 0 aliphatic carbocycles. The molecule has 1 rings (SSSR count). The van der Waals surface area contributed by atoms with Crippen molar-refractivity contribution in [2.75, 3.05) is 16.2 Å². The summed E-state index contributed by atoms with van der Waals surface area (Å²) in [5, 5.41) is 0. The van der Waals surface area contributed by atoms with Gasteiger partial charge in [0, 0.05) is 5.69 Å². The van der Waals surface area contributed by atoms with Gasteiger partial charge in [-0.15, -0.1) is 0 Å². The second-order valence-corrected chi connectivity index (χ2v) is 6.92. The number of hydrogen-bond acceptors (Lipinski definition) is 3. The molecule has 0 aliphatic rings. The minimum atomic E-state index is -3.50. The topological polar surface area (TPSA) is 72.2 Å². The van der Waals surface area contributed by atoms with E-state index in [-0.39, 0.29) is 22.5 Å². The van der Waals surface area contributed by atoms with E-state index in [9.17, 15) is 12.8 Å². The Labute approximate surface area is 101 Å². The molecule has 1 aromatic rings. The molecular weight excluding hydrogens is 243 g/mol. The van der Waals surface area contributed by atoms with Gasteiger partial charge >= 0.3 is 0 Å². The van der Waals surface area contributed by atoms with Crippen molar-refractivity contribution in [1.29, 1.82) is 0 Å². The number of halogens is 1. The molecule has 0 saturated heterocycles. The van der Waals surface area contributed by atoms with Crippen LogP contribution < -0.4 is 10.5 Å². The van der Waals surface area contributed by atoms with E-state index in [1.165, 1.54) is 6.07 Å². The molecular formula is C11H17FN2O2S. The lowest BCUT2D eigenvalue weighted by Crippen LogP contribution is -2.26. The maximum atomic E-state index is 13.0. The van der Waals surface area contributed by atoms with E-state index in [2.05, 4.69) is 4.72 Å². The summed E-state index contributed by atoms with van der Waals surface area (Å²) in [7, 11) is -3.50. The van der Waals surface area contributed by atoms with Crippen molar-refractivity contribution in [3.63, 3.8) is 0 Å². The van der Waals surface area contributed by atoms with E-state index in [0.717, 1.165) is 12.1 Å². The van der Waals surface area contributed by atoms with Gasteiger partial charge in [0.05, 0.1) is 11.4 Å². The van der Waals surface area contributed by atoms with Crippen LogP contribution in [0, 0.1) is 11.2 Å². The molecule has 0 aromatic heterocycles. The quantitative estimate of drug-likeness (QED) is 0.818. The summed E-state index contributed by atoms with van der Waals surface area (Å²) in [5.41, 5.74) is 5.38. The Bertz CT molecular complexity index is 486. The highest BCUT2D eigenvalue weighted by atomic mass is 32.2. The van der Waals surface area contributed by atoms with Crippen LogP contribution in [0.25, 0.3) is 0 Å². The fourth-order valence-electron chi connectivity index (χ4n) is 1.46. The molecule has 0 radical (unpaired) electrons. The van der Waals surface area contributed by atoms with Gasteiger partial charge in [-0.3, -0.25) is 4.72 Å². The van der Waals surface area contributed by atoms with Crippen LogP contribution in [0.5, 0.6) is 0 Å². The molecule has 96 valence electrons. The number of anilines is 2. The van der Waals surface area contributed by atoms with Crippen LogP contribution in [0.2, 0.25) is 0 Å². The van der Waals surface area contributed by atoms with Gasteiger partial charge in [0.1, 0.15) is 5.82 Å². The number of sulfonamides is 1. The average Bonchev–Trinajstić information content (AvgIpc) is 1.93. The van der Waals surface area contributed by atoms with E-state index in [4.69, 9.17) is 5.73 Å². The summed E-state index contributed by atoms with van der Waals surface area (Å²) < 4.78 is 38.9. The first kappa shape index (κ1) is 13.8. The molecule has 0 aliphatic heterocycles. The lowest BCUT2D eigenvalue weighted by atomic mass is 10.0. The fourth-order valence-corrected chi connectivity index (χ4v) is 3.15. The van der Waals surface area contributed by atoms with Crippen LogP contribution in [0.4, 0.5) is 15.8 Å². The van der Waals surface area contributed by atoms with E-state index < -0.39 is 15.8 Å². The fraction of sp³-hybridized carbons (Fsp3) is 0.455. The molecule has 0 saturated carbocycles. The van der Waals surface area contributed by atoms with E-state index in [0.29, 0.717) is 0 Å². The Hall–Kier alpha value is -1.30. The molecule has 0 bridgehead atoms. The Morgan fingerprint density at radius 3 is 2.35 bits per heavy atom. The van der Waals surface area contributed by atoms with Gasteiger partial charge < -0.3 is 5.73 Å². The van der Waals surface area contributed by atoms with Gasteiger partial charge in [0.2, 0.25) is 10.0 Å². The number of nitrogens with one attached hydrogen (secondary N) is 1. The first-order valence-corrected chi connectivity index (χ1v) is 6.79. The van der Waals surface area contributed by atoms with Crippen molar-refractivity contribution in [1.82, 2.24) is 0 Å². The van der Waals surface area contributed by atoms with Crippen LogP contribution in [0.1, 0.15) is 20.8 Å². The van der Waals surface area contributed by atoms with Crippen LogP contribution in [0.3, 0.4) is 0 Å². The molecule has 0 atom stereocenters. The predicted octanol–water partition coefficient (Wildman–Crippen LogP) is 2.20. The highest BCUT2D eigenvalue weighted by Crippen LogP contribution is 2.20. The van der Waals surface area contributed by atoms with Crippen molar-refractivity contribution in [3.05, 3.63) is 24.0 Å². The smallest absolute Gasteiger partial charge is 0.233 e. The highest BCUT2D eigenvalue weighted by Gasteiger charge is 2.21. The zero-order chi connectivity index (χ0) is 13.3. The summed E-state index contributed by atoms with van der Waals surface area (Å²) in [6, 6.07) is 3.60. The van der Waals surface area contributed by atoms with Crippen molar-refractivity contribution in [2.45, 2.75) is 20.8 Å². The molecule has 17 heavy (non-hydrogen) atoms. The first-order chi connectivity index (χ1) is 7.57. The van der Waals surface area contributed by atoms with Crippen LogP contribution in [-0.2, 0) is 10.0 Å². The summed E-state index contributed by atoms with van der Waals surface area (Å²) in [4.78, 5) is 0. The second-order valence-electron chi connectivity index (χ2n) is 5.20. The van der Waals surface area contributed by atoms with Crippen LogP contribution >= 0.6 is 0 Å². The minimum absolute atomic E-state index is 0.0452. The normalized spacial score (nSPS) is 12.5. The summed E-state index contributed by atoms with van der Waals surface area (Å²) in [5.74, 6) is -0.616. The maximum Gasteiger partial charge on any atom is 0.233 e. The molecule has 1 aromatic carbocycles. The Morgan fingerprint density at radius 1 is 1.29 bits per heavy atom. The molecule has 0 heterocycles. The standard InChI is InChI=1S/C11H17FN2O2S/c1-11(2,3)7-17(15,16)14-10-5-8(12)4-9(13)6-10/h4-6,14H,7,13H2,1-3H3. The number of nitrogen functional groups attached to an aromatic ring is 1. The zero-order valence-electron chi connectivity index (χ0n) is 10.1. The molecule has 0 amide bonds. The third-order valence-corrected chi connectivity index (χ3v) is 3.61. The zero-order valence-corrected chi connectivity index (χ0v) is 10.9. The van der Waals surface area contributed by atoms with E-state index >= 15 is 0 Å². The Kier molecular flexibility index (Phi) is 3.66. The van der Waals surface area contributed by atoms with Gasteiger partial charge in [-0.25, -0.2) is 12.8 Å². The molecule has 0 fully saturated rings. The van der Waals surface area contributed by atoms with Gasteiger partial charge in [-0.2, -0.15) is 0 Å². The molecule has 4 nitrogen and oxygen atoms in total. The summed E-state index contributed by atoms with van der Waals surface area (Å²) >= 11 is 0. The second kappa shape index (κ2) is 4.52. The Morgan fingerprint density at radius 2 is 1.88 bits per heavy atom. The molecule has 0 spiro atoms. The predicted molar refractivity (Wildman–Crippen MR) is 67.7 cm³/mol. The first-order valence-electron chi connectivity index (χ1n) is 5.14. The SMILES string of the molecule is CC(C)(C)CS(=O)(=O)Nc1cc(N)cc(F)c1.